The molecule has 0 saturated carbocycles. The van der Waals surface area contributed by atoms with Crippen LogP contribution in [-0.4, -0.2) is 31.1 Å². The van der Waals surface area contributed by atoms with E-state index in [4.69, 9.17) is 0 Å². The molecule has 106 valence electrons. The van der Waals surface area contributed by atoms with Gasteiger partial charge in [0.1, 0.15) is 0 Å². The van der Waals surface area contributed by atoms with Crippen LogP contribution in [0.15, 0.2) is 24.3 Å². The first-order valence-corrected chi connectivity index (χ1v) is 7.79. The van der Waals surface area contributed by atoms with Crippen LogP contribution in [0.4, 0.5) is 0 Å². The Balaban J connectivity index is 1.88. The maximum Gasteiger partial charge on any atom is 0.0236 e. The number of nitrogens with one attached hydrogen (secondary N) is 1. The first kappa shape index (κ1) is 14.5. The molecular weight excluding hydrogens is 232 g/mol. The third-order valence-corrected chi connectivity index (χ3v) is 4.02. The molecule has 1 aliphatic rings. The molecule has 0 aromatic heterocycles. The topological polar surface area (TPSA) is 15.3 Å². The van der Waals surface area contributed by atoms with Crippen LogP contribution in [0, 0.1) is 5.92 Å². The molecular formula is C17H28N2. The minimum Gasteiger partial charge on any atom is -0.316 e. The van der Waals surface area contributed by atoms with Crippen LogP contribution in [0.3, 0.4) is 0 Å². The van der Waals surface area contributed by atoms with Gasteiger partial charge in [-0.25, -0.2) is 0 Å². The first-order valence-electron chi connectivity index (χ1n) is 7.79. The van der Waals surface area contributed by atoms with Crippen LogP contribution in [0.5, 0.6) is 0 Å². The monoisotopic (exact) mass is 260 g/mol. The van der Waals surface area contributed by atoms with Crippen molar-refractivity contribution < 1.29 is 0 Å². The highest BCUT2D eigenvalue weighted by molar-refractivity contribution is 5.27. The summed E-state index contributed by atoms with van der Waals surface area (Å²) in [6, 6.07) is 8.95. The fourth-order valence-electron chi connectivity index (χ4n) is 2.89. The molecule has 1 unspecified atom stereocenters. The zero-order valence-electron chi connectivity index (χ0n) is 12.5. The Morgan fingerprint density at radius 1 is 1.21 bits per heavy atom. The lowest BCUT2D eigenvalue weighted by Crippen LogP contribution is -2.22. The second-order valence-electron chi connectivity index (χ2n) is 5.90. The first-order chi connectivity index (χ1) is 9.29. The van der Waals surface area contributed by atoms with Crippen LogP contribution in [0.1, 0.15) is 37.8 Å². The van der Waals surface area contributed by atoms with Crippen molar-refractivity contribution >= 4 is 0 Å². The smallest absolute Gasteiger partial charge is 0.0236 e. The van der Waals surface area contributed by atoms with E-state index in [1.54, 1.807) is 0 Å². The minimum atomic E-state index is 0.874. The van der Waals surface area contributed by atoms with Crippen molar-refractivity contribution in [3.63, 3.8) is 0 Å². The van der Waals surface area contributed by atoms with E-state index in [-0.39, 0.29) is 0 Å². The van der Waals surface area contributed by atoms with Gasteiger partial charge in [0.2, 0.25) is 0 Å². The Morgan fingerprint density at radius 2 is 2.00 bits per heavy atom. The average molecular weight is 260 g/mol. The van der Waals surface area contributed by atoms with Gasteiger partial charge in [-0.3, -0.25) is 4.90 Å². The molecule has 0 spiro atoms. The Bertz CT molecular complexity index is 375. The maximum absolute atomic E-state index is 3.50. The van der Waals surface area contributed by atoms with Gasteiger partial charge in [-0.05, 0) is 55.9 Å². The number of nitrogens with zero attached hydrogens (tertiary/aromatic N) is 1. The lowest BCUT2D eigenvalue weighted by Gasteiger charge is -2.18. The highest BCUT2D eigenvalue weighted by Crippen LogP contribution is 2.19. The maximum atomic E-state index is 3.50. The Labute approximate surface area is 118 Å². The minimum absolute atomic E-state index is 0.874. The third-order valence-electron chi connectivity index (χ3n) is 4.02. The fraction of sp³-hybridized carbons (Fsp3) is 0.647. The predicted molar refractivity (Wildman–Crippen MR) is 82.4 cm³/mol. The lowest BCUT2D eigenvalue weighted by atomic mass is 10.0. The molecule has 0 bridgehead atoms. The van der Waals surface area contributed by atoms with E-state index in [0.29, 0.717) is 0 Å². The molecule has 2 heteroatoms. The lowest BCUT2D eigenvalue weighted by molar-refractivity contribution is 0.319. The molecule has 2 rings (SSSR count). The Kier molecular flexibility index (Phi) is 5.87. The van der Waals surface area contributed by atoms with Gasteiger partial charge in [-0.2, -0.15) is 0 Å². The van der Waals surface area contributed by atoms with Gasteiger partial charge < -0.3 is 5.32 Å². The summed E-state index contributed by atoms with van der Waals surface area (Å²) < 4.78 is 0. The third kappa shape index (κ3) is 4.63. The van der Waals surface area contributed by atoms with Crippen molar-refractivity contribution in [1.82, 2.24) is 10.2 Å². The van der Waals surface area contributed by atoms with Crippen molar-refractivity contribution in [3.8, 4) is 0 Å². The molecule has 2 nitrogen and oxygen atoms in total. The highest BCUT2D eigenvalue weighted by atomic mass is 15.1. The van der Waals surface area contributed by atoms with Crippen molar-refractivity contribution in [2.24, 2.45) is 5.92 Å². The molecule has 1 fully saturated rings. The zero-order valence-corrected chi connectivity index (χ0v) is 12.5. The van der Waals surface area contributed by atoms with E-state index in [1.165, 1.54) is 37.1 Å². The molecule has 1 heterocycles. The molecule has 0 amide bonds. The number of benzene rings is 1. The van der Waals surface area contributed by atoms with Gasteiger partial charge in [0.25, 0.3) is 0 Å². The van der Waals surface area contributed by atoms with E-state index < -0.39 is 0 Å². The van der Waals surface area contributed by atoms with Gasteiger partial charge in [-0.1, -0.05) is 38.1 Å². The summed E-state index contributed by atoms with van der Waals surface area (Å²) in [5, 5.41) is 3.50. The normalized spacial score (nSPS) is 20.0. The second kappa shape index (κ2) is 7.66. The van der Waals surface area contributed by atoms with E-state index in [1.807, 2.05) is 0 Å². The van der Waals surface area contributed by atoms with Crippen molar-refractivity contribution in [1.29, 1.82) is 0 Å². The summed E-state index contributed by atoms with van der Waals surface area (Å²) in [5.41, 5.74) is 3.04. The molecule has 1 aromatic rings. The average Bonchev–Trinajstić information content (AvgIpc) is 2.82. The molecule has 1 N–H and O–H groups in total. The number of hydrogen-bond donors (Lipinski definition) is 1. The number of hydrogen-bond acceptors (Lipinski definition) is 2. The SMILES string of the molecule is CCCNCCc1ccccc1CN1CCC(C)C1. The van der Waals surface area contributed by atoms with Crippen molar-refractivity contribution in [3.05, 3.63) is 35.4 Å². The van der Waals surface area contributed by atoms with Crippen LogP contribution in [-0.2, 0) is 13.0 Å². The summed E-state index contributed by atoms with van der Waals surface area (Å²) in [6.45, 7) is 10.5. The van der Waals surface area contributed by atoms with Gasteiger partial charge in [0.05, 0.1) is 0 Å². The number of rotatable bonds is 7. The van der Waals surface area contributed by atoms with Crippen molar-refractivity contribution in [2.45, 2.75) is 39.7 Å². The summed E-state index contributed by atoms with van der Waals surface area (Å²) in [7, 11) is 0. The molecule has 1 atom stereocenters. The second-order valence-corrected chi connectivity index (χ2v) is 5.90. The van der Waals surface area contributed by atoms with E-state index in [0.717, 1.165) is 32.0 Å². The van der Waals surface area contributed by atoms with Gasteiger partial charge in [0, 0.05) is 13.1 Å². The standard InChI is InChI=1S/C17H28N2/c1-3-10-18-11-8-16-6-4-5-7-17(16)14-19-12-9-15(2)13-19/h4-7,15,18H,3,8-14H2,1-2H3. The summed E-state index contributed by atoms with van der Waals surface area (Å²) in [5.74, 6) is 0.874. The fourth-order valence-corrected chi connectivity index (χ4v) is 2.89. The molecule has 1 saturated heterocycles. The van der Waals surface area contributed by atoms with Crippen molar-refractivity contribution in [2.75, 3.05) is 26.2 Å². The van der Waals surface area contributed by atoms with Crippen LogP contribution >= 0.6 is 0 Å². The van der Waals surface area contributed by atoms with E-state index >= 15 is 0 Å². The van der Waals surface area contributed by atoms with Crippen LogP contribution in [0.2, 0.25) is 0 Å². The Morgan fingerprint density at radius 3 is 2.68 bits per heavy atom. The molecule has 0 radical (unpaired) electrons. The van der Waals surface area contributed by atoms with E-state index in [2.05, 4.69) is 48.3 Å². The van der Waals surface area contributed by atoms with Gasteiger partial charge in [0.15, 0.2) is 0 Å². The molecule has 1 aromatic carbocycles. The molecule has 19 heavy (non-hydrogen) atoms. The quantitative estimate of drug-likeness (QED) is 0.758. The van der Waals surface area contributed by atoms with Gasteiger partial charge in [-0.15, -0.1) is 0 Å². The summed E-state index contributed by atoms with van der Waals surface area (Å²) >= 11 is 0. The number of likely N-dealkylation sites (tertiary alicyclic amines) is 1. The summed E-state index contributed by atoms with van der Waals surface area (Å²) in [6.07, 6.45) is 3.73. The van der Waals surface area contributed by atoms with Gasteiger partial charge >= 0.3 is 0 Å². The Hall–Kier alpha value is -0.860. The highest BCUT2D eigenvalue weighted by Gasteiger charge is 2.19. The molecule has 0 aliphatic carbocycles. The largest absolute Gasteiger partial charge is 0.316 e. The zero-order chi connectivity index (χ0) is 13.5. The molecule has 1 aliphatic heterocycles. The predicted octanol–water partition coefficient (Wildman–Crippen LogP) is 3.07. The van der Waals surface area contributed by atoms with Crippen LogP contribution < -0.4 is 5.32 Å². The summed E-state index contributed by atoms with van der Waals surface area (Å²) in [4.78, 5) is 2.60. The van der Waals surface area contributed by atoms with Crippen LogP contribution in [0.25, 0.3) is 0 Å². The van der Waals surface area contributed by atoms with E-state index in [9.17, 15) is 0 Å².